The fraction of sp³-hybridized carbons (Fsp3) is 0.294. The Kier molecular flexibility index (Phi) is 3.96. The number of hydrogen-bond acceptors (Lipinski definition) is 3. The van der Waals surface area contributed by atoms with Gasteiger partial charge >= 0.3 is 5.97 Å². The minimum absolute atomic E-state index is 0.107. The highest BCUT2D eigenvalue weighted by Gasteiger charge is 2.27. The van der Waals surface area contributed by atoms with E-state index in [0.717, 1.165) is 11.1 Å². The first-order chi connectivity index (χ1) is 10.7. The van der Waals surface area contributed by atoms with E-state index in [1.54, 1.807) is 6.92 Å². The van der Waals surface area contributed by atoms with Crippen LogP contribution in [0.25, 0.3) is 11.1 Å². The summed E-state index contributed by atoms with van der Waals surface area (Å²) in [7, 11) is 0. The third-order valence-corrected chi connectivity index (χ3v) is 3.79. The molecule has 1 unspecified atom stereocenters. The number of carbonyl (C=O) groups is 2. The number of nitrogens with zero attached hydrogens (tertiary/aromatic N) is 1. The Morgan fingerprint density at radius 3 is 2.82 bits per heavy atom. The number of carbonyl (C=O) groups excluding carboxylic acids is 2. The lowest BCUT2D eigenvalue weighted by Crippen LogP contribution is -2.39. The van der Waals surface area contributed by atoms with E-state index in [0.29, 0.717) is 18.8 Å². The molecule has 0 saturated heterocycles. The Hall–Kier alpha value is -2.56. The van der Waals surface area contributed by atoms with Crippen LogP contribution < -0.4 is 5.32 Å². The molecular weight excluding hydrogens is 280 g/mol. The van der Waals surface area contributed by atoms with Crippen molar-refractivity contribution in [3.05, 3.63) is 48.3 Å². The van der Waals surface area contributed by atoms with Gasteiger partial charge in [-0.1, -0.05) is 30.3 Å². The second-order valence-electron chi connectivity index (χ2n) is 5.26. The number of nitrogens with one attached hydrogen (secondary N) is 1. The minimum atomic E-state index is -0.246. The molecule has 0 radical (unpaired) electrons. The Balaban J connectivity index is 1.91. The quantitative estimate of drug-likeness (QED) is 0.882. The highest BCUT2D eigenvalue weighted by molar-refractivity contribution is 5.95. The molecule has 22 heavy (non-hydrogen) atoms. The molecule has 0 bridgehead atoms. The maximum atomic E-state index is 12.0. The van der Waals surface area contributed by atoms with Gasteiger partial charge < -0.3 is 14.6 Å². The Morgan fingerprint density at radius 1 is 1.32 bits per heavy atom. The second kappa shape index (κ2) is 6.05. The van der Waals surface area contributed by atoms with Gasteiger partial charge in [-0.25, -0.2) is 0 Å². The number of aromatic nitrogens is 1. The Bertz CT molecular complexity index is 691. The van der Waals surface area contributed by atoms with Crippen LogP contribution in [0.5, 0.6) is 0 Å². The maximum Gasteiger partial charge on any atom is 0.307 e. The van der Waals surface area contributed by atoms with Crippen molar-refractivity contribution < 1.29 is 14.3 Å². The van der Waals surface area contributed by atoms with Crippen molar-refractivity contribution in [3.63, 3.8) is 0 Å². The molecular formula is C17H18N2O3. The molecule has 0 fully saturated rings. The van der Waals surface area contributed by atoms with Crippen LogP contribution in [0, 0.1) is 0 Å². The molecule has 1 aromatic carbocycles. The van der Waals surface area contributed by atoms with Crippen molar-refractivity contribution in [2.24, 2.45) is 0 Å². The maximum absolute atomic E-state index is 12.0. The molecule has 1 N–H and O–H groups in total. The number of amides is 1. The zero-order valence-electron chi connectivity index (χ0n) is 12.4. The molecule has 1 aliphatic rings. The van der Waals surface area contributed by atoms with Gasteiger partial charge in [0.05, 0.1) is 19.1 Å². The standard InChI is InChI=1S/C17H18N2O3/c1-2-22-16(20)9-14-10-18-17(21)15-8-13(11-19(14)15)12-6-4-3-5-7-12/h3-8,11,14H,2,9-10H2,1H3,(H,18,21). The molecule has 1 aliphatic heterocycles. The molecule has 2 aromatic rings. The van der Waals surface area contributed by atoms with Crippen LogP contribution in [0.3, 0.4) is 0 Å². The number of esters is 1. The summed E-state index contributed by atoms with van der Waals surface area (Å²) in [5.41, 5.74) is 2.60. The van der Waals surface area contributed by atoms with E-state index < -0.39 is 0 Å². The van der Waals surface area contributed by atoms with Gasteiger partial charge in [-0.15, -0.1) is 0 Å². The molecule has 0 saturated carbocycles. The van der Waals surface area contributed by atoms with Gasteiger partial charge in [-0.05, 0) is 18.6 Å². The van der Waals surface area contributed by atoms with E-state index in [1.165, 1.54) is 0 Å². The summed E-state index contributed by atoms with van der Waals surface area (Å²) in [5.74, 6) is -0.355. The average molecular weight is 298 g/mol. The van der Waals surface area contributed by atoms with Crippen LogP contribution in [0.4, 0.5) is 0 Å². The van der Waals surface area contributed by atoms with E-state index in [-0.39, 0.29) is 24.3 Å². The fourth-order valence-corrected chi connectivity index (χ4v) is 2.73. The summed E-state index contributed by atoms with van der Waals surface area (Å²) in [6.45, 7) is 2.59. The van der Waals surface area contributed by atoms with E-state index in [2.05, 4.69) is 5.32 Å². The molecule has 1 amide bonds. The zero-order valence-corrected chi connectivity index (χ0v) is 12.4. The van der Waals surface area contributed by atoms with Gasteiger partial charge in [0, 0.05) is 18.3 Å². The summed E-state index contributed by atoms with van der Waals surface area (Å²) in [5, 5.41) is 2.83. The molecule has 2 heterocycles. The topological polar surface area (TPSA) is 60.3 Å². The average Bonchev–Trinajstić information content (AvgIpc) is 2.98. The van der Waals surface area contributed by atoms with Crippen molar-refractivity contribution in [1.29, 1.82) is 0 Å². The van der Waals surface area contributed by atoms with E-state index in [9.17, 15) is 9.59 Å². The second-order valence-corrected chi connectivity index (χ2v) is 5.26. The van der Waals surface area contributed by atoms with Crippen LogP contribution in [0.15, 0.2) is 42.6 Å². The molecule has 0 spiro atoms. The number of ether oxygens (including phenoxy) is 1. The zero-order chi connectivity index (χ0) is 15.5. The first kappa shape index (κ1) is 14.4. The fourth-order valence-electron chi connectivity index (χ4n) is 2.73. The molecule has 5 heteroatoms. The summed E-state index contributed by atoms with van der Waals surface area (Å²) < 4.78 is 6.90. The molecule has 1 atom stereocenters. The Labute approximate surface area is 128 Å². The van der Waals surface area contributed by atoms with E-state index >= 15 is 0 Å². The van der Waals surface area contributed by atoms with Crippen LogP contribution in [-0.2, 0) is 9.53 Å². The number of rotatable bonds is 4. The molecule has 5 nitrogen and oxygen atoms in total. The summed E-state index contributed by atoms with van der Waals surface area (Å²) in [4.78, 5) is 23.8. The largest absolute Gasteiger partial charge is 0.466 e. The van der Waals surface area contributed by atoms with E-state index in [1.807, 2.05) is 47.2 Å². The molecule has 1 aromatic heterocycles. The summed E-state index contributed by atoms with van der Waals surface area (Å²) >= 11 is 0. The predicted molar refractivity (Wildman–Crippen MR) is 82.5 cm³/mol. The van der Waals surface area contributed by atoms with Crippen molar-refractivity contribution in [2.45, 2.75) is 19.4 Å². The highest BCUT2D eigenvalue weighted by atomic mass is 16.5. The molecule has 3 rings (SSSR count). The van der Waals surface area contributed by atoms with Gasteiger partial charge in [-0.2, -0.15) is 0 Å². The highest BCUT2D eigenvalue weighted by Crippen LogP contribution is 2.28. The predicted octanol–water partition coefficient (Wildman–Crippen LogP) is 2.39. The summed E-state index contributed by atoms with van der Waals surface area (Å²) in [6.07, 6.45) is 2.19. The first-order valence-corrected chi connectivity index (χ1v) is 7.40. The van der Waals surface area contributed by atoms with Gasteiger partial charge in [0.2, 0.25) is 0 Å². The van der Waals surface area contributed by atoms with Crippen molar-refractivity contribution >= 4 is 11.9 Å². The lowest BCUT2D eigenvalue weighted by molar-refractivity contribution is -0.144. The third-order valence-electron chi connectivity index (χ3n) is 3.79. The number of hydrogen-bond donors (Lipinski definition) is 1. The SMILES string of the molecule is CCOC(=O)CC1CNC(=O)c2cc(-c3ccccc3)cn21. The molecule has 114 valence electrons. The number of benzene rings is 1. The van der Waals surface area contributed by atoms with Crippen molar-refractivity contribution in [3.8, 4) is 11.1 Å². The lowest BCUT2D eigenvalue weighted by atomic mass is 10.1. The van der Waals surface area contributed by atoms with Crippen LogP contribution >= 0.6 is 0 Å². The minimum Gasteiger partial charge on any atom is -0.466 e. The van der Waals surface area contributed by atoms with Gasteiger partial charge in [0.1, 0.15) is 5.69 Å². The van der Waals surface area contributed by atoms with Gasteiger partial charge in [0.25, 0.3) is 5.91 Å². The van der Waals surface area contributed by atoms with Crippen molar-refractivity contribution in [2.75, 3.05) is 13.2 Å². The van der Waals surface area contributed by atoms with Crippen LogP contribution in [0.1, 0.15) is 29.9 Å². The number of fused-ring (bicyclic) bond motifs is 1. The first-order valence-electron chi connectivity index (χ1n) is 7.40. The van der Waals surface area contributed by atoms with E-state index in [4.69, 9.17) is 4.74 Å². The smallest absolute Gasteiger partial charge is 0.307 e. The normalized spacial score (nSPS) is 16.8. The van der Waals surface area contributed by atoms with Gasteiger partial charge in [0.15, 0.2) is 0 Å². The van der Waals surface area contributed by atoms with Crippen molar-refractivity contribution in [1.82, 2.24) is 9.88 Å². The van der Waals surface area contributed by atoms with Gasteiger partial charge in [-0.3, -0.25) is 9.59 Å². The lowest BCUT2D eigenvalue weighted by Gasteiger charge is -2.25. The third kappa shape index (κ3) is 2.74. The summed E-state index contributed by atoms with van der Waals surface area (Å²) in [6, 6.07) is 11.6. The Morgan fingerprint density at radius 2 is 2.09 bits per heavy atom. The van der Waals surface area contributed by atoms with Crippen LogP contribution in [0.2, 0.25) is 0 Å². The molecule has 0 aliphatic carbocycles. The van der Waals surface area contributed by atoms with Crippen LogP contribution in [-0.4, -0.2) is 29.6 Å². The monoisotopic (exact) mass is 298 g/mol.